The van der Waals surface area contributed by atoms with Crippen molar-refractivity contribution < 1.29 is 19.1 Å². The average molecular weight is 464 g/mol. The molecule has 3 aromatic rings. The number of morpholine rings is 1. The van der Waals surface area contributed by atoms with E-state index in [9.17, 15) is 9.59 Å². The molecule has 3 heterocycles. The van der Waals surface area contributed by atoms with Gasteiger partial charge >= 0.3 is 0 Å². The molecule has 0 atom stereocenters. The third-order valence-corrected chi connectivity index (χ3v) is 6.50. The van der Waals surface area contributed by atoms with Crippen LogP contribution in [-0.2, 0) is 16.1 Å². The van der Waals surface area contributed by atoms with E-state index >= 15 is 0 Å². The van der Waals surface area contributed by atoms with Crippen LogP contribution in [0.4, 0.5) is 5.69 Å². The molecule has 9 nitrogen and oxygen atoms in total. The highest BCUT2D eigenvalue weighted by Crippen LogP contribution is 2.28. The zero-order valence-corrected chi connectivity index (χ0v) is 19.4. The smallest absolute Gasteiger partial charge is 0.275 e. The molecular formula is C25H29N5O4. The Balaban J connectivity index is 1.29. The molecule has 0 saturated carbocycles. The number of hydrogen-bond donors (Lipinski definition) is 0. The number of ether oxygens (including phenoxy) is 2. The molecule has 2 aliphatic heterocycles. The lowest BCUT2D eigenvalue weighted by Crippen LogP contribution is -2.49. The van der Waals surface area contributed by atoms with Crippen molar-refractivity contribution in [1.82, 2.24) is 19.6 Å². The molecule has 0 bridgehead atoms. The van der Waals surface area contributed by atoms with Gasteiger partial charge in [-0.15, -0.1) is 0 Å². The quantitative estimate of drug-likeness (QED) is 0.575. The minimum Gasteiger partial charge on any atom is -0.495 e. The SMILES string of the molecule is COc1ccccc1N1CCN(C(=O)Cn2nc(C(=O)N3CCOCC3)c3ccccc32)CC1. The van der Waals surface area contributed by atoms with Gasteiger partial charge < -0.3 is 24.2 Å². The maximum absolute atomic E-state index is 13.2. The van der Waals surface area contributed by atoms with E-state index < -0.39 is 0 Å². The first-order chi connectivity index (χ1) is 16.7. The number of nitrogens with zero attached hydrogens (tertiary/aromatic N) is 5. The number of rotatable bonds is 5. The molecule has 0 radical (unpaired) electrons. The van der Waals surface area contributed by atoms with Crippen LogP contribution in [0.1, 0.15) is 10.5 Å². The molecule has 2 amide bonds. The molecule has 5 rings (SSSR count). The van der Waals surface area contributed by atoms with E-state index in [2.05, 4.69) is 10.00 Å². The summed E-state index contributed by atoms with van der Waals surface area (Å²) >= 11 is 0. The molecule has 0 spiro atoms. The summed E-state index contributed by atoms with van der Waals surface area (Å²) in [6, 6.07) is 15.5. The predicted octanol–water partition coefficient (Wildman–Crippen LogP) is 1.87. The predicted molar refractivity (Wildman–Crippen MR) is 128 cm³/mol. The first-order valence-corrected chi connectivity index (χ1v) is 11.6. The summed E-state index contributed by atoms with van der Waals surface area (Å²) in [4.78, 5) is 32.2. The number of carbonyl (C=O) groups is 2. The molecule has 2 saturated heterocycles. The van der Waals surface area contributed by atoms with Gasteiger partial charge in [0.05, 0.1) is 31.5 Å². The highest BCUT2D eigenvalue weighted by Gasteiger charge is 2.27. The van der Waals surface area contributed by atoms with Crippen molar-refractivity contribution in [3.05, 3.63) is 54.2 Å². The fraction of sp³-hybridized carbons (Fsp3) is 0.400. The van der Waals surface area contributed by atoms with E-state index in [1.54, 1.807) is 16.7 Å². The molecule has 178 valence electrons. The standard InChI is InChI=1S/C25H29N5O4/c1-33-22-9-5-4-8-21(22)27-10-12-28(13-11-27)23(31)18-30-20-7-3-2-6-19(20)24(26-30)25(32)29-14-16-34-17-15-29/h2-9H,10-18H2,1H3. The van der Waals surface area contributed by atoms with E-state index in [1.807, 2.05) is 53.4 Å². The number of aromatic nitrogens is 2. The Hall–Kier alpha value is -3.59. The Kier molecular flexibility index (Phi) is 6.35. The number of benzene rings is 2. The first-order valence-electron chi connectivity index (χ1n) is 11.6. The van der Waals surface area contributed by atoms with Crippen molar-refractivity contribution in [3.8, 4) is 5.75 Å². The monoisotopic (exact) mass is 463 g/mol. The summed E-state index contributed by atoms with van der Waals surface area (Å²) in [6.45, 7) is 4.97. The van der Waals surface area contributed by atoms with E-state index in [1.165, 1.54) is 0 Å². The van der Waals surface area contributed by atoms with Crippen molar-refractivity contribution in [1.29, 1.82) is 0 Å². The Morgan fingerprint density at radius 1 is 0.912 bits per heavy atom. The van der Waals surface area contributed by atoms with Gasteiger partial charge in [-0.25, -0.2) is 0 Å². The molecule has 0 N–H and O–H groups in total. The minimum atomic E-state index is -0.115. The molecular weight excluding hydrogens is 434 g/mol. The zero-order valence-electron chi connectivity index (χ0n) is 19.4. The third-order valence-electron chi connectivity index (χ3n) is 6.50. The lowest BCUT2D eigenvalue weighted by atomic mass is 10.2. The van der Waals surface area contributed by atoms with Gasteiger partial charge in [0.15, 0.2) is 5.69 Å². The molecule has 2 fully saturated rings. The maximum Gasteiger partial charge on any atom is 0.275 e. The van der Waals surface area contributed by atoms with E-state index in [-0.39, 0.29) is 18.4 Å². The zero-order chi connectivity index (χ0) is 23.5. The molecule has 2 aromatic carbocycles. The van der Waals surface area contributed by atoms with Gasteiger partial charge in [0.25, 0.3) is 5.91 Å². The molecule has 34 heavy (non-hydrogen) atoms. The normalized spacial score (nSPS) is 16.7. The van der Waals surface area contributed by atoms with Crippen molar-refractivity contribution in [2.75, 3.05) is 64.5 Å². The van der Waals surface area contributed by atoms with Crippen LogP contribution in [0.15, 0.2) is 48.5 Å². The summed E-state index contributed by atoms with van der Waals surface area (Å²) < 4.78 is 12.5. The maximum atomic E-state index is 13.2. The second-order valence-corrected chi connectivity index (χ2v) is 8.47. The van der Waals surface area contributed by atoms with Crippen LogP contribution in [0.5, 0.6) is 5.75 Å². The number of anilines is 1. The molecule has 0 unspecified atom stereocenters. The van der Waals surface area contributed by atoms with Crippen LogP contribution in [-0.4, -0.2) is 91.0 Å². The Morgan fingerprint density at radius 3 is 2.38 bits per heavy atom. The van der Waals surface area contributed by atoms with Crippen LogP contribution in [0.3, 0.4) is 0 Å². The topological polar surface area (TPSA) is 80.1 Å². The van der Waals surface area contributed by atoms with Crippen molar-refractivity contribution in [3.63, 3.8) is 0 Å². The van der Waals surface area contributed by atoms with E-state index in [0.29, 0.717) is 45.1 Å². The molecule has 9 heteroatoms. The molecule has 2 aliphatic rings. The van der Waals surface area contributed by atoms with Gasteiger partial charge in [-0.3, -0.25) is 14.3 Å². The highest BCUT2D eigenvalue weighted by atomic mass is 16.5. The van der Waals surface area contributed by atoms with Crippen molar-refractivity contribution >= 4 is 28.4 Å². The first kappa shape index (κ1) is 22.2. The van der Waals surface area contributed by atoms with Gasteiger partial charge in [-0.1, -0.05) is 30.3 Å². The fourth-order valence-electron chi connectivity index (χ4n) is 4.64. The average Bonchev–Trinajstić information content (AvgIpc) is 3.27. The van der Waals surface area contributed by atoms with Crippen LogP contribution in [0, 0.1) is 0 Å². The second kappa shape index (κ2) is 9.72. The number of hydrogen-bond acceptors (Lipinski definition) is 6. The summed E-state index contributed by atoms with van der Waals surface area (Å²) in [7, 11) is 1.67. The van der Waals surface area contributed by atoms with Crippen LogP contribution >= 0.6 is 0 Å². The highest BCUT2D eigenvalue weighted by molar-refractivity contribution is 6.05. The Morgan fingerprint density at radius 2 is 1.62 bits per heavy atom. The Labute approximate surface area is 198 Å². The van der Waals surface area contributed by atoms with Gasteiger partial charge in [0.1, 0.15) is 12.3 Å². The van der Waals surface area contributed by atoms with Gasteiger partial charge in [-0.05, 0) is 18.2 Å². The lowest BCUT2D eigenvalue weighted by molar-refractivity contribution is -0.132. The molecule has 0 aliphatic carbocycles. The van der Waals surface area contributed by atoms with Crippen LogP contribution in [0.25, 0.3) is 10.9 Å². The van der Waals surface area contributed by atoms with Crippen LogP contribution < -0.4 is 9.64 Å². The minimum absolute atomic E-state index is 0.00157. The summed E-state index contributed by atoms with van der Waals surface area (Å²) in [5.74, 6) is 0.720. The largest absolute Gasteiger partial charge is 0.495 e. The third kappa shape index (κ3) is 4.31. The van der Waals surface area contributed by atoms with Gasteiger partial charge in [0, 0.05) is 44.7 Å². The summed E-state index contributed by atoms with van der Waals surface area (Å²) in [5.41, 5.74) is 2.23. The van der Waals surface area contributed by atoms with E-state index in [4.69, 9.17) is 9.47 Å². The molecule has 1 aromatic heterocycles. The second-order valence-electron chi connectivity index (χ2n) is 8.47. The number of methoxy groups -OCH3 is 1. The van der Waals surface area contributed by atoms with Crippen molar-refractivity contribution in [2.24, 2.45) is 0 Å². The summed E-state index contributed by atoms with van der Waals surface area (Å²) in [5, 5.41) is 5.37. The number of amides is 2. The lowest BCUT2D eigenvalue weighted by Gasteiger charge is -2.36. The van der Waals surface area contributed by atoms with Crippen LogP contribution in [0.2, 0.25) is 0 Å². The van der Waals surface area contributed by atoms with Crippen molar-refractivity contribution in [2.45, 2.75) is 6.54 Å². The summed E-state index contributed by atoms with van der Waals surface area (Å²) in [6.07, 6.45) is 0. The number of para-hydroxylation sites is 3. The van der Waals surface area contributed by atoms with Gasteiger partial charge in [-0.2, -0.15) is 5.10 Å². The van der Waals surface area contributed by atoms with Gasteiger partial charge in [0.2, 0.25) is 5.91 Å². The number of carbonyl (C=O) groups excluding carboxylic acids is 2. The fourth-order valence-corrected chi connectivity index (χ4v) is 4.64. The number of piperazine rings is 1. The Bertz CT molecular complexity index is 1180. The van der Waals surface area contributed by atoms with E-state index in [0.717, 1.165) is 35.4 Å². The number of fused-ring (bicyclic) bond motifs is 1.